The minimum absolute atomic E-state index is 0.0749. The number of benzene rings is 2. The molecule has 26 heavy (non-hydrogen) atoms. The first kappa shape index (κ1) is 20.0. The van der Waals surface area contributed by atoms with Crippen molar-refractivity contribution in [2.24, 2.45) is 0 Å². The van der Waals surface area contributed by atoms with E-state index in [4.69, 9.17) is 0 Å². The van der Waals surface area contributed by atoms with Crippen molar-refractivity contribution in [2.45, 2.75) is 44.4 Å². The van der Waals surface area contributed by atoms with E-state index in [0.717, 1.165) is 24.8 Å². The number of unbranched alkanes of at least 4 members (excludes halogenated alkanes) is 1. The van der Waals surface area contributed by atoms with Crippen LogP contribution in [0.5, 0.6) is 0 Å². The summed E-state index contributed by atoms with van der Waals surface area (Å²) in [5.74, 6) is -0.0749. The molecule has 0 saturated heterocycles. The number of hydrogen-bond donors (Lipinski definition) is 2. The first-order chi connectivity index (χ1) is 12.4. The summed E-state index contributed by atoms with van der Waals surface area (Å²) in [7, 11) is -3.61. The Morgan fingerprint density at radius 1 is 0.923 bits per heavy atom. The second-order valence-corrected chi connectivity index (χ2v) is 7.97. The van der Waals surface area contributed by atoms with E-state index in [0.29, 0.717) is 18.7 Å². The Labute approximate surface area is 155 Å². The lowest BCUT2D eigenvalue weighted by molar-refractivity contribution is -0.118. The van der Waals surface area contributed by atoms with Crippen LogP contribution in [0.25, 0.3) is 0 Å². The van der Waals surface area contributed by atoms with Crippen molar-refractivity contribution in [3.05, 3.63) is 59.7 Å². The van der Waals surface area contributed by atoms with Crippen LogP contribution in [0.3, 0.4) is 0 Å². The number of anilines is 1. The Morgan fingerprint density at radius 2 is 1.50 bits per heavy atom. The summed E-state index contributed by atoms with van der Waals surface area (Å²) in [5.41, 5.74) is 2.73. The molecule has 0 spiro atoms. The molecule has 5 nitrogen and oxygen atoms in total. The normalized spacial score (nSPS) is 11.2. The van der Waals surface area contributed by atoms with Crippen LogP contribution in [-0.2, 0) is 27.7 Å². The quantitative estimate of drug-likeness (QED) is 0.705. The number of nitrogens with one attached hydrogen (secondary N) is 2. The highest BCUT2D eigenvalue weighted by molar-refractivity contribution is 7.92. The monoisotopic (exact) mass is 374 g/mol. The molecule has 1 amide bonds. The van der Waals surface area contributed by atoms with Gasteiger partial charge in [0.15, 0.2) is 0 Å². The van der Waals surface area contributed by atoms with Gasteiger partial charge in [-0.1, -0.05) is 37.6 Å². The summed E-state index contributed by atoms with van der Waals surface area (Å²) in [5, 5.41) is 2.72. The summed E-state index contributed by atoms with van der Waals surface area (Å²) in [6.45, 7) is 4.15. The lowest BCUT2D eigenvalue weighted by Crippen LogP contribution is -2.22. The molecule has 0 heterocycles. The number of carbonyl (C=O) groups is 1. The third-order valence-electron chi connectivity index (χ3n) is 4.05. The lowest BCUT2D eigenvalue weighted by atomic mass is 10.1. The zero-order chi connectivity index (χ0) is 19.0. The van der Waals surface area contributed by atoms with Gasteiger partial charge in [0.05, 0.1) is 4.90 Å². The molecule has 0 aromatic heterocycles. The van der Waals surface area contributed by atoms with Crippen molar-refractivity contribution in [1.29, 1.82) is 0 Å². The maximum absolute atomic E-state index is 12.5. The van der Waals surface area contributed by atoms with E-state index < -0.39 is 10.0 Å². The fraction of sp³-hybridized carbons (Fsp3) is 0.350. The zero-order valence-electron chi connectivity index (χ0n) is 15.3. The van der Waals surface area contributed by atoms with E-state index in [1.165, 1.54) is 12.5 Å². The van der Waals surface area contributed by atoms with E-state index >= 15 is 0 Å². The van der Waals surface area contributed by atoms with Gasteiger partial charge in [0.25, 0.3) is 10.0 Å². The van der Waals surface area contributed by atoms with Crippen LogP contribution in [0.15, 0.2) is 53.4 Å². The second kappa shape index (κ2) is 9.38. The van der Waals surface area contributed by atoms with Gasteiger partial charge in [0.2, 0.25) is 5.91 Å². The molecule has 0 aliphatic rings. The summed E-state index contributed by atoms with van der Waals surface area (Å²) in [4.78, 5) is 11.1. The van der Waals surface area contributed by atoms with Gasteiger partial charge in [0.1, 0.15) is 0 Å². The van der Waals surface area contributed by atoms with Crippen molar-refractivity contribution in [1.82, 2.24) is 5.32 Å². The molecule has 2 aromatic carbocycles. The van der Waals surface area contributed by atoms with Gasteiger partial charge in [-0.05, 0) is 54.7 Å². The first-order valence-electron chi connectivity index (χ1n) is 8.86. The Bertz CT molecular complexity index is 813. The molecular formula is C20H26N2O3S. The second-order valence-electron chi connectivity index (χ2n) is 6.28. The third kappa shape index (κ3) is 6.19. The third-order valence-corrected chi connectivity index (χ3v) is 5.44. The van der Waals surface area contributed by atoms with Crippen LogP contribution >= 0.6 is 0 Å². The molecule has 0 atom stereocenters. The number of hydrogen-bond acceptors (Lipinski definition) is 3. The van der Waals surface area contributed by atoms with Crippen LogP contribution in [0.2, 0.25) is 0 Å². The Balaban J connectivity index is 1.99. The largest absolute Gasteiger partial charge is 0.356 e. The molecule has 0 aliphatic carbocycles. The molecule has 0 fully saturated rings. The van der Waals surface area contributed by atoms with Crippen LogP contribution < -0.4 is 10.0 Å². The first-order valence-corrected chi connectivity index (χ1v) is 10.3. The zero-order valence-corrected chi connectivity index (χ0v) is 16.1. The number of carbonyl (C=O) groups excluding carboxylic acids is 1. The lowest BCUT2D eigenvalue weighted by Gasteiger charge is -2.10. The standard InChI is InChI=1S/C20H26N2O3S/c1-3-4-5-17-6-10-19(11-7-17)22-26(24,25)20-12-8-18(9-13-20)14-15-21-16(2)23/h6-13,22H,3-5,14-15H2,1-2H3,(H,21,23). The average Bonchev–Trinajstić information content (AvgIpc) is 2.61. The average molecular weight is 375 g/mol. The van der Waals surface area contributed by atoms with Crippen LogP contribution in [0.4, 0.5) is 5.69 Å². The van der Waals surface area contributed by atoms with Crippen molar-refractivity contribution in [3.63, 3.8) is 0 Å². The van der Waals surface area contributed by atoms with Crippen molar-refractivity contribution in [2.75, 3.05) is 11.3 Å². The van der Waals surface area contributed by atoms with Gasteiger partial charge in [-0.15, -0.1) is 0 Å². The van der Waals surface area contributed by atoms with Gasteiger partial charge < -0.3 is 5.32 Å². The number of aryl methyl sites for hydroxylation is 1. The van der Waals surface area contributed by atoms with Gasteiger partial charge in [0, 0.05) is 19.2 Å². The Hall–Kier alpha value is -2.34. The summed E-state index contributed by atoms with van der Waals surface area (Å²) < 4.78 is 27.6. The molecule has 2 rings (SSSR count). The minimum Gasteiger partial charge on any atom is -0.356 e. The number of rotatable bonds is 9. The summed E-state index contributed by atoms with van der Waals surface area (Å²) >= 11 is 0. The fourth-order valence-corrected chi connectivity index (χ4v) is 3.61. The molecular weight excluding hydrogens is 348 g/mol. The van der Waals surface area contributed by atoms with Crippen LogP contribution in [-0.4, -0.2) is 20.9 Å². The molecule has 0 radical (unpaired) electrons. The molecule has 6 heteroatoms. The van der Waals surface area contributed by atoms with Gasteiger partial charge in [-0.2, -0.15) is 0 Å². The predicted octanol–water partition coefficient (Wildman–Crippen LogP) is 3.51. The highest BCUT2D eigenvalue weighted by atomic mass is 32.2. The maximum atomic E-state index is 12.5. The summed E-state index contributed by atoms with van der Waals surface area (Å²) in [6, 6.07) is 14.2. The van der Waals surface area contributed by atoms with Gasteiger partial charge >= 0.3 is 0 Å². The smallest absolute Gasteiger partial charge is 0.261 e. The van der Waals surface area contributed by atoms with Crippen LogP contribution in [0, 0.1) is 0 Å². The van der Waals surface area contributed by atoms with E-state index in [1.54, 1.807) is 36.4 Å². The van der Waals surface area contributed by atoms with E-state index in [9.17, 15) is 13.2 Å². The summed E-state index contributed by atoms with van der Waals surface area (Å²) in [6.07, 6.45) is 3.92. The molecule has 0 aliphatic heterocycles. The Kier molecular flexibility index (Phi) is 7.21. The Morgan fingerprint density at radius 3 is 2.08 bits per heavy atom. The fourth-order valence-electron chi connectivity index (χ4n) is 2.55. The van der Waals surface area contributed by atoms with E-state index in [2.05, 4.69) is 17.0 Å². The van der Waals surface area contributed by atoms with E-state index in [-0.39, 0.29) is 10.8 Å². The molecule has 2 N–H and O–H groups in total. The van der Waals surface area contributed by atoms with E-state index in [1.807, 2.05) is 12.1 Å². The minimum atomic E-state index is -3.61. The number of amides is 1. The van der Waals surface area contributed by atoms with Gasteiger partial charge in [-0.25, -0.2) is 8.42 Å². The molecule has 2 aromatic rings. The highest BCUT2D eigenvalue weighted by Crippen LogP contribution is 2.18. The van der Waals surface area contributed by atoms with Crippen molar-refractivity contribution in [3.8, 4) is 0 Å². The van der Waals surface area contributed by atoms with Crippen molar-refractivity contribution >= 4 is 21.6 Å². The van der Waals surface area contributed by atoms with Crippen molar-refractivity contribution < 1.29 is 13.2 Å². The predicted molar refractivity (Wildman–Crippen MR) is 105 cm³/mol. The number of sulfonamides is 1. The molecule has 0 saturated carbocycles. The maximum Gasteiger partial charge on any atom is 0.261 e. The molecule has 0 unspecified atom stereocenters. The topological polar surface area (TPSA) is 75.3 Å². The SMILES string of the molecule is CCCCc1ccc(NS(=O)(=O)c2ccc(CCNC(C)=O)cc2)cc1. The van der Waals surface area contributed by atoms with Gasteiger partial charge in [-0.3, -0.25) is 9.52 Å². The molecule has 0 bridgehead atoms. The molecule has 140 valence electrons. The highest BCUT2D eigenvalue weighted by Gasteiger charge is 2.14. The van der Waals surface area contributed by atoms with Crippen LogP contribution in [0.1, 0.15) is 37.8 Å².